The molecule has 0 fully saturated rings. The molecule has 1 heterocycles. The smallest absolute Gasteiger partial charge is 0.252 e. The minimum absolute atomic E-state index is 0.209. The lowest BCUT2D eigenvalue weighted by molar-refractivity contribution is 0.581. The first-order valence-corrected chi connectivity index (χ1v) is 8.62. The molecular formula is C15H20N4O3S. The molecule has 0 saturated heterocycles. The predicted octanol–water partition coefficient (Wildman–Crippen LogP) is 0.801. The number of aromatic amines is 1. The first kappa shape index (κ1) is 17.2. The number of nitrogens with zero attached hydrogens (tertiary/aromatic N) is 2. The van der Waals surface area contributed by atoms with E-state index in [0.717, 1.165) is 5.56 Å². The maximum Gasteiger partial charge on any atom is 0.252 e. The van der Waals surface area contributed by atoms with E-state index in [0.29, 0.717) is 18.2 Å². The van der Waals surface area contributed by atoms with Crippen molar-refractivity contribution in [1.82, 2.24) is 14.7 Å². The van der Waals surface area contributed by atoms with Gasteiger partial charge in [-0.1, -0.05) is 17.7 Å². The number of H-pyrrole nitrogens is 1. The summed E-state index contributed by atoms with van der Waals surface area (Å²) >= 11 is 0. The molecule has 0 radical (unpaired) electrons. The molecule has 0 unspecified atom stereocenters. The van der Waals surface area contributed by atoms with Gasteiger partial charge in [0, 0.05) is 26.2 Å². The Labute approximate surface area is 135 Å². The monoisotopic (exact) mass is 336 g/mol. The molecule has 1 aromatic carbocycles. The third-order valence-electron chi connectivity index (χ3n) is 3.31. The summed E-state index contributed by atoms with van der Waals surface area (Å²) in [6, 6.07) is 8.03. The number of nitrogens with one attached hydrogen (secondary N) is 2. The number of sulfonamides is 1. The van der Waals surface area contributed by atoms with Crippen LogP contribution in [0.3, 0.4) is 0 Å². The summed E-state index contributed by atoms with van der Waals surface area (Å²) in [4.78, 5) is 20.2. The van der Waals surface area contributed by atoms with Crippen LogP contribution in [0.2, 0.25) is 0 Å². The predicted molar refractivity (Wildman–Crippen MR) is 89.2 cm³/mol. The number of rotatable bonds is 6. The van der Waals surface area contributed by atoms with Gasteiger partial charge < -0.3 is 9.88 Å². The SMILES string of the molecule is Cc1ccc(S(=O)(=O)NCCN(C)c2cc(=O)[nH]c(C)n2)cc1. The van der Waals surface area contributed by atoms with Crippen LogP contribution in [-0.2, 0) is 10.0 Å². The van der Waals surface area contributed by atoms with E-state index < -0.39 is 10.0 Å². The van der Waals surface area contributed by atoms with Crippen LogP contribution in [0.15, 0.2) is 40.0 Å². The second kappa shape index (κ2) is 6.93. The summed E-state index contributed by atoms with van der Waals surface area (Å²) in [5.74, 6) is 1.01. The van der Waals surface area contributed by atoms with Gasteiger partial charge in [0.1, 0.15) is 11.6 Å². The fourth-order valence-corrected chi connectivity index (χ4v) is 3.04. The molecule has 0 saturated carbocycles. The minimum Gasteiger partial charge on any atom is -0.358 e. The topological polar surface area (TPSA) is 95.2 Å². The summed E-state index contributed by atoms with van der Waals surface area (Å²) in [6.07, 6.45) is 0. The lowest BCUT2D eigenvalue weighted by atomic mass is 10.2. The van der Waals surface area contributed by atoms with Crippen LogP contribution in [0.1, 0.15) is 11.4 Å². The Bertz CT molecular complexity index is 829. The van der Waals surface area contributed by atoms with E-state index in [1.54, 1.807) is 43.1 Å². The molecule has 0 bridgehead atoms. The molecule has 0 spiro atoms. The number of hydrogen-bond acceptors (Lipinski definition) is 5. The molecule has 0 aliphatic rings. The Hall–Kier alpha value is -2.19. The molecule has 2 rings (SSSR count). The molecule has 2 N–H and O–H groups in total. The van der Waals surface area contributed by atoms with Gasteiger partial charge in [-0.2, -0.15) is 0 Å². The van der Waals surface area contributed by atoms with Crippen molar-refractivity contribution in [1.29, 1.82) is 0 Å². The van der Waals surface area contributed by atoms with E-state index in [9.17, 15) is 13.2 Å². The van der Waals surface area contributed by atoms with Gasteiger partial charge in [-0.15, -0.1) is 0 Å². The Morgan fingerprint density at radius 3 is 2.48 bits per heavy atom. The Morgan fingerprint density at radius 2 is 1.87 bits per heavy atom. The van der Waals surface area contributed by atoms with Crippen molar-refractivity contribution in [3.05, 3.63) is 52.1 Å². The number of anilines is 1. The molecule has 0 aliphatic heterocycles. The van der Waals surface area contributed by atoms with Gasteiger partial charge in [-0.25, -0.2) is 18.1 Å². The number of aromatic nitrogens is 2. The average Bonchev–Trinajstić information content (AvgIpc) is 2.46. The highest BCUT2D eigenvalue weighted by Crippen LogP contribution is 2.10. The van der Waals surface area contributed by atoms with Crippen molar-refractivity contribution < 1.29 is 8.42 Å². The Kier molecular flexibility index (Phi) is 5.17. The number of hydrogen-bond donors (Lipinski definition) is 2. The summed E-state index contributed by atoms with van der Waals surface area (Å²) in [5, 5.41) is 0. The molecule has 0 amide bonds. The van der Waals surface area contributed by atoms with Crippen LogP contribution >= 0.6 is 0 Å². The van der Waals surface area contributed by atoms with Crippen molar-refractivity contribution in [3.63, 3.8) is 0 Å². The van der Waals surface area contributed by atoms with E-state index in [2.05, 4.69) is 14.7 Å². The van der Waals surface area contributed by atoms with Gasteiger partial charge in [0.2, 0.25) is 10.0 Å². The number of benzene rings is 1. The molecule has 7 nitrogen and oxygen atoms in total. The second-order valence-corrected chi connectivity index (χ2v) is 7.09. The van der Waals surface area contributed by atoms with Crippen LogP contribution in [0.5, 0.6) is 0 Å². The lowest BCUT2D eigenvalue weighted by Crippen LogP contribution is -2.34. The van der Waals surface area contributed by atoms with Crippen molar-refractivity contribution in [3.8, 4) is 0 Å². The first-order valence-electron chi connectivity index (χ1n) is 7.13. The summed E-state index contributed by atoms with van der Waals surface area (Å²) in [6.45, 7) is 4.19. The molecular weight excluding hydrogens is 316 g/mol. The molecule has 1 aromatic heterocycles. The minimum atomic E-state index is -3.54. The highest BCUT2D eigenvalue weighted by atomic mass is 32.2. The molecule has 2 aromatic rings. The lowest BCUT2D eigenvalue weighted by Gasteiger charge is -2.18. The van der Waals surface area contributed by atoms with Gasteiger partial charge in [0.25, 0.3) is 5.56 Å². The first-order chi connectivity index (χ1) is 10.8. The molecule has 0 aliphatic carbocycles. The van der Waals surface area contributed by atoms with E-state index in [1.807, 2.05) is 6.92 Å². The highest BCUT2D eigenvalue weighted by molar-refractivity contribution is 7.89. The quantitative estimate of drug-likeness (QED) is 0.814. The second-order valence-electron chi connectivity index (χ2n) is 5.32. The standard InChI is InChI=1S/C15H20N4O3S/c1-11-4-6-13(7-5-11)23(21,22)16-8-9-19(3)14-10-15(20)18-12(2)17-14/h4-7,10,16H,8-9H2,1-3H3,(H,17,18,20). The zero-order valence-electron chi connectivity index (χ0n) is 13.3. The Morgan fingerprint density at radius 1 is 1.22 bits per heavy atom. The molecule has 8 heteroatoms. The van der Waals surface area contributed by atoms with Crippen molar-refractivity contribution in [2.45, 2.75) is 18.7 Å². The van der Waals surface area contributed by atoms with Gasteiger partial charge in [0.15, 0.2) is 0 Å². The van der Waals surface area contributed by atoms with Crippen molar-refractivity contribution in [2.75, 3.05) is 25.0 Å². The normalized spacial score (nSPS) is 11.4. The van der Waals surface area contributed by atoms with Crippen molar-refractivity contribution >= 4 is 15.8 Å². The molecule has 0 atom stereocenters. The van der Waals surface area contributed by atoms with Gasteiger partial charge >= 0.3 is 0 Å². The van der Waals surface area contributed by atoms with Crippen LogP contribution < -0.4 is 15.2 Å². The highest BCUT2D eigenvalue weighted by Gasteiger charge is 2.13. The fourth-order valence-electron chi connectivity index (χ4n) is 2.02. The van der Waals surface area contributed by atoms with E-state index in [4.69, 9.17) is 0 Å². The third kappa shape index (κ3) is 4.64. The van der Waals surface area contributed by atoms with Gasteiger partial charge in [0.05, 0.1) is 4.90 Å². The van der Waals surface area contributed by atoms with E-state index in [1.165, 1.54) is 6.07 Å². The Balaban J connectivity index is 1.98. The maximum absolute atomic E-state index is 12.2. The van der Waals surface area contributed by atoms with Crippen molar-refractivity contribution in [2.24, 2.45) is 0 Å². The van der Waals surface area contributed by atoms with Crippen LogP contribution in [0, 0.1) is 13.8 Å². The summed E-state index contributed by atoms with van der Waals surface area (Å²) in [7, 11) is -1.78. The van der Waals surface area contributed by atoms with E-state index >= 15 is 0 Å². The summed E-state index contributed by atoms with van der Waals surface area (Å²) in [5.41, 5.74) is 0.763. The molecule has 124 valence electrons. The van der Waals surface area contributed by atoms with E-state index in [-0.39, 0.29) is 17.0 Å². The average molecular weight is 336 g/mol. The number of aryl methyl sites for hydroxylation is 2. The zero-order valence-corrected chi connectivity index (χ0v) is 14.1. The van der Waals surface area contributed by atoms with Gasteiger partial charge in [-0.3, -0.25) is 4.79 Å². The molecule has 23 heavy (non-hydrogen) atoms. The van der Waals surface area contributed by atoms with Gasteiger partial charge in [-0.05, 0) is 26.0 Å². The summed E-state index contributed by atoms with van der Waals surface area (Å²) < 4.78 is 26.9. The number of likely N-dealkylation sites (N-methyl/N-ethyl adjacent to an activating group) is 1. The third-order valence-corrected chi connectivity index (χ3v) is 4.79. The fraction of sp³-hybridized carbons (Fsp3) is 0.333. The maximum atomic E-state index is 12.2. The van der Waals surface area contributed by atoms with Crippen LogP contribution in [0.25, 0.3) is 0 Å². The van der Waals surface area contributed by atoms with Crippen LogP contribution in [-0.4, -0.2) is 38.5 Å². The largest absolute Gasteiger partial charge is 0.358 e. The zero-order chi connectivity index (χ0) is 17.0. The van der Waals surface area contributed by atoms with Crippen LogP contribution in [0.4, 0.5) is 5.82 Å².